The zero-order valence-corrected chi connectivity index (χ0v) is 32.4. The van der Waals surface area contributed by atoms with E-state index >= 15 is 0 Å². The van der Waals surface area contributed by atoms with Crippen molar-refractivity contribution in [1.82, 2.24) is 9.97 Å². The number of unbranched alkanes of at least 4 members (excludes halogenated alkanes) is 5. The molecule has 0 bridgehead atoms. The van der Waals surface area contributed by atoms with Crippen molar-refractivity contribution in [2.45, 2.75) is 155 Å². The number of phenols is 2. The van der Waals surface area contributed by atoms with Crippen LogP contribution in [-0.4, -0.2) is 25.9 Å². The van der Waals surface area contributed by atoms with Gasteiger partial charge in [-0.2, -0.15) is 4.98 Å². The second-order valence-electron chi connectivity index (χ2n) is 17.1. The van der Waals surface area contributed by atoms with E-state index in [1.165, 1.54) is 32.1 Å². The van der Waals surface area contributed by atoms with Gasteiger partial charge in [0, 0.05) is 39.7 Å². The van der Waals surface area contributed by atoms with E-state index in [9.17, 15) is 10.2 Å². The molecule has 0 saturated heterocycles. The van der Waals surface area contributed by atoms with E-state index in [-0.39, 0.29) is 21.7 Å². The SMILES string of the molecule is CCCCCCCCSc1cc(Nc2cc(C(C)(C)C)c(O)c(C(C)(C)C)c2)nc(Nc2cc(C(C)(C)C)c(O)c(C(C)(C)C)c2)n1. The van der Waals surface area contributed by atoms with E-state index in [0.717, 1.165) is 50.8 Å². The molecule has 3 aromatic rings. The lowest BCUT2D eigenvalue weighted by molar-refractivity contribution is 0.422. The van der Waals surface area contributed by atoms with Crippen molar-refractivity contribution in [1.29, 1.82) is 0 Å². The Morgan fingerprint density at radius 2 is 0.957 bits per heavy atom. The second-order valence-corrected chi connectivity index (χ2v) is 18.2. The summed E-state index contributed by atoms with van der Waals surface area (Å²) < 4.78 is 0. The first-order valence-corrected chi connectivity index (χ1v) is 18.4. The van der Waals surface area contributed by atoms with Gasteiger partial charge >= 0.3 is 0 Å². The van der Waals surface area contributed by atoms with Crippen LogP contribution in [0.15, 0.2) is 35.4 Å². The maximum Gasteiger partial charge on any atom is 0.230 e. The molecule has 0 radical (unpaired) electrons. The van der Waals surface area contributed by atoms with Crippen LogP contribution in [-0.2, 0) is 21.7 Å². The van der Waals surface area contributed by atoms with Gasteiger partial charge in [-0.3, -0.25) is 0 Å². The molecule has 0 unspecified atom stereocenters. The Balaban J connectivity index is 2.07. The van der Waals surface area contributed by atoms with Crippen molar-refractivity contribution in [2.75, 3.05) is 16.4 Å². The molecule has 0 spiro atoms. The van der Waals surface area contributed by atoms with E-state index in [0.29, 0.717) is 23.3 Å². The van der Waals surface area contributed by atoms with Crippen molar-refractivity contribution >= 4 is 34.9 Å². The molecule has 7 heteroatoms. The van der Waals surface area contributed by atoms with Crippen molar-refractivity contribution in [3.8, 4) is 11.5 Å². The lowest BCUT2D eigenvalue weighted by Crippen LogP contribution is -2.18. The Morgan fingerprint density at radius 1 is 0.553 bits per heavy atom. The summed E-state index contributed by atoms with van der Waals surface area (Å²) in [6, 6.07) is 10.1. The smallest absolute Gasteiger partial charge is 0.230 e. The van der Waals surface area contributed by atoms with Crippen molar-refractivity contribution < 1.29 is 10.2 Å². The third-order valence-electron chi connectivity index (χ3n) is 8.43. The Labute approximate surface area is 290 Å². The molecule has 0 aliphatic heterocycles. The molecule has 1 heterocycles. The number of phenolic OH excluding ortho intramolecular Hbond substituents is 2. The average molecular weight is 663 g/mol. The number of nitrogens with zero attached hydrogens (tertiary/aromatic N) is 2. The number of thioether (sulfide) groups is 1. The van der Waals surface area contributed by atoms with Crippen LogP contribution in [0, 0.1) is 0 Å². The largest absolute Gasteiger partial charge is 0.507 e. The molecular weight excluding hydrogens is 601 g/mol. The zero-order valence-electron chi connectivity index (χ0n) is 31.5. The fourth-order valence-electron chi connectivity index (χ4n) is 5.66. The predicted octanol–water partition coefficient (Wildman–Crippen LogP) is 12.0. The van der Waals surface area contributed by atoms with Crippen LogP contribution in [0.2, 0.25) is 0 Å². The lowest BCUT2D eigenvalue weighted by Gasteiger charge is -2.28. The van der Waals surface area contributed by atoms with Gasteiger partial charge < -0.3 is 20.8 Å². The normalized spacial score (nSPS) is 12.8. The first-order chi connectivity index (χ1) is 21.6. The van der Waals surface area contributed by atoms with Crippen LogP contribution in [0.4, 0.5) is 23.1 Å². The summed E-state index contributed by atoms with van der Waals surface area (Å²) in [7, 11) is 0. The predicted molar refractivity (Wildman–Crippen MR) is 204 cm³/mol. The van der Waals surface area contributed by atoms with Gasteiger partial charge in [0.15, 0.2) is 0 Å². The van der Waals surface area contributed by atoms with Crippen molar-refractivity contribution in [3.63, 3.8) is 0 Å². The second kappa shape index (κ2) is 15.1. The van der Waals surface area contributed by atoms with Gasteiger partial charge in [-0.05, 0) is 58.1 Å². The van der Waals surface area contributed by atoms with Crippen LogP contribution >= 0.6 is 11.8 Å². The van der Waals surface area contributed by atoms with E-state index < -0.39 is 0 Å². The number of rotatable bonds is 12. The molecule has 0 amide bonds. The maximum atomic E-state index is 11.3. The Bertz CT molecular complexity index is 1330. The molecule has 6 nitrogen and oxygen atoms in total. The van der Waals surface area contributed by atoms with Crippen molar-refractivity contribution in [2.24, 2.45) is 0 Å². The third kappa shape index (κ3) is 10.8. The number of nitrogens with one attached hydrogen (secondary N) is 2. The molecule has 47 heavy (non-hydrogen) atoms. The highest BCUT2D eigenvalue weighted by molar-refractivity contribution is 7.99. The number of benzene rings is 2. The summed E-state index contributed by atoms with van der Waals surface area (Å²) in [6.45, 7) is 27.7. The van der Waals surface area contributed by atoms with Gasteiger partial charge in [-0.15, -0.1) is 11.8 Å². The summed E-state index contributed by atoms with van der Waals surface area (Å²) in [5.74, 6) is 2.87. The minimum atomic E-state index is -0.251. The number of anilines is 4. The summed E-state index contributed by atoms with van der Waals surface area (Å²) in [5, 5.41) is 30.5. The van der Waals surface area contributed by atoms with Crippen LogP contribution in [0.1, 0.15) is 151 Å². The van der Waals surface area contributed by atoms with Crippen LogP contribution < -0.4 is 10.6 Å². The Kier molecular flexibility index (Phi) is 12.4. The van der Waals surface area contributed by atoms with E-state index in [4.69, 9.17) is 9.97 Å². The highest BCUT2D eigenvalue weighted by Gasteiger charge is 2.28. The third-order valence-corrected chi connectivity index (χ3v) is 9.43. The van der Waals surface area contributed by atoms with E-state index in [2.05, 4.69) is 101 Å². The van der Waals surface area contributed by atoms with Gasteiger partial charge in [0.25, 0.3) is 0 Å². The minimum absolute atomic E-state index is 0.243. The minimum Gasteiger partial charge on any atom is -0.507 e. The molecule has 0 saturated carbocycles. The van der Waals surface area contributed by atoms with Crippen LogP contribution in [0.25, 0.3) is 0 Å². The van der Waals surface area contributed by atoms with Gasteiger partial charge in [-0.25, -0.2) is 4.98 Å². The number of aromatic nitrogens is 2. The summed E-state index contributed by atoms with van der Waals surface area (Å²) in [6.07, 6.45) is 7.51. The zero-order chi connectivity index (χ0) is 35.4. The fraction of sp³-hybridized carbons (Fsp3) is 0.600. The number of hydrogen-bond acceptors (Lipinski definition) is 7. The van der Waals surface area contributed by atoms with Gasteiger partial charge in [-0.1, -0.05) is 122 Å². The molecule has 0 atom stereocenters. The average Bonchev–Trinajstić information content (AvgIpc) is 2.91. The standard InChI is InChI=1S/C40H62N4O2S/c1-14-15-16-17-18-19-20-47-33-25-32(41-26-21-28(37(2,3)4)34(45)29(22-26)38(5,6)7)43-36(44-33)42-27-23-30(39(8,9)10)35(46)31(24-27)40(11,12)13/h21-25,45-46H,14-20H2,1-13H3,(H2,41,42,43,44). The molecular formula is C40H62N4O2S. The topological polar surface area (TPSA) is 90.3 Å². The number of aromatic hydroxyl groups is 2. The maximum absolute atomic E-state index is 11.3. The van der Waals surface area contributed by atoms with Crippen LogP contribution in [0.3, 0.4) is 0 Å². The highest BCUT2D eigenvalue weighted by Crippen LogP contribution is 2.43. The van der Waals surface area contributed by atoms with Gasteiger partial charge in [0.05, 0.1) is 0 Å². The van der Waals surface area contributed by atoms with Gasteiger partial charge in [0.1, 0.15) is 22.3 Å². The molecule has 0 aliphatic rings. The molecule has 0 fully saturated rings. The molecule has 0 aliphatic carbocycles. The summed E-state index contributed by atoms with van der Waals surface area (Å²) >= 11 is 1.76. The molecule has 2 aromatic carbocycles. The monoisotopic (exact) mass is 662 g/mol. The Hall–Kier alpha value is -2.93. The van der Waals surface area contributed by atoms with Crippen LogP contribution in [0.5, 0.6) is 11.5 Å². The Morgan fingerprint density at radius 3 is 1.38 bits per heavy atom. The highest BCUT2D eigenvalue weighted by atomic mass is 32.2. The molecule has 4 N–H and O–H groups in total. The first-order valence-electron chi connectivity index (χ1n) is 17.4. The van der Waals surface area contributed by atoms with E-state index in [1.807, 2.05) is 30.3 Å². The molecule has 3 rings (SSSR count). The number of hydrogen-bond donors (Lipinski definition) is 4. The summed E-state index contributed by atoms with van der Waals surface area (Å²) in [4.78, 5) is 9.89. The summed E-state index contributed by atoms with van der Waals surface area (Å²) in [5.41, 5.74) is 4.29. The van der Waals surface area contributed by atoms with Crippen molar-refractivity contribution in [3.05, 3.63) is 52.6 Å². The van der Waals surface area contributed by atoms with E-state index in [1.54, 1.807) is 11.8 Å². The lowest BCUT2D eigenvalue weighted by atomic mass is 9.79. The molecule has 1 aromatic heterocycles. The fourth-order valence-corrected chi connectivity index (χ4v) is 6.56. The first kappa shape index (κ1) is 38.5. The quantitative estimate of drug-likeness (QED) is 0.0664. The van der Waals surface area contributed by atoms with Gasteiger partial charge in [0.2, 0.25) is 5.95 Å². The molecule has 260 valence electrons.